The van der Waals surface area contributed by atoms with Crippen LogP contribution in [0.3, 0.4) is 0 Å². The number of carbonyl (C=O) groups excluding carboxylic acids is 1. The summed E-state index contributed by atoms with van der Waals surface area (Å²) in [6, 6.07) is 0. The highest BCUT2D eigenvalue weighted by Crippen LogP contribution is 2.40. The fourth-order valence-electron chi connectivity index (χ4n) is 5.14. The molecule has 2 unspecified atom stereocenters. The first-order valence-corrected chi connectivity index (χ1v) is 16.9. The van der Waals surface area contributed by atoms with Crippen LogP contribution in [0.15, 0.2) is 0 Å². The number of rotatable bonds is 24. The van der Waals surface area contributed by atoms with E-state index in [-0.39, 0.29) is 10.1 Å². The van der Waals surface area contributed by atoms with E-state index in [4.69, 9.17) is 17.7 Å². The van der Waals surface area contributed by atoms with Crippen LogP contribution in [0.25, 0.3) is 0 Å². The van der Waals surface area contributed by atoms with Crippen molar-refractivity contribution in [2.24, 2.45) is 0 Å². The van der Waals surface area contributed by atoms with Crippen molar-refractivity contribution in [1.82, 2.24) is 0 Å². The van der Waals surface area contributed by atoms with Crippen molar-refractivity contribution in [2.45, 2.75) is 141 Å². The molecular formula is C27H58O5Si2. The van der Waals surface area contributed by atoms with Crippen LogP contribution < -0.4 is 0 Å². The lowest BCUT2D eigenvalue weighted by Gasteiger charge is -2.33. The topological polar surface area (TPSA) is 54.0 Å². The van der Waals surface area contributed by atoms with Crippen LogP contribution >= 0.6 is 0 Å². The van der Waals surface area contributed by atoms with Gasteiger partial charge in [-0.3, -0.25) is 4.79 Å². The molecule has 0 aromatic carbocycles. The first-order valence-electron chi connectivity index (χ1n) is 13.9. The highest BCUT2D eigenvalue weighted by molar-refractivity contribution is 6.48. The molecule has 34 heavy (non-hydrogen) atoms. The molecule has 0 aliphatic heterocycles. The van der Waals surface area contributed by atoms with E-state index in [0.717, 1.165) is 38.5 Å². The average molecular weight is 519 g/mol. The van der Waals surface area contributed by atoms with Gasteiger partial charge < -0.3 is 17.7 Å². The van der Waals surface area contributed by atoms with Crippen LogP contribution in [-0.4, -0.2) is 52.8 Å². The van der Waals surface area contributed by atoms with Gasteiger partial charge in [-0.15, -0.1) is 0 Å². The highest BCUT2D eigenvalue weighted by Gasteiger charge is 2.36. The molecule has 0 radical (unpaired) electrons. The molecule has 0 saturated carbocycles. The molecule has 7 heteroatoms. The Kier molecular flexibility index (Phi) is 20.0. The highest BCUT2D eigenvalue weighted by atomic mass is 28.3. The molecule has 0 heterocycles. The average Bonchev–Trinajstić information content (AvgIpc) is 2.84. The minimum Gasteiger partial charge on any atom is -0.400 e. The Morgan fingerprint density at radius 3 is 1.15 bits per heavy atom. The molecule has 0 bridgehead atoms. The van der Waals surface area contributed by atoms with Crippen molar-refractivity contribution in [2.75, 3.05) is 28.4 Å². The number of Topliss-reactive ketones (excluding diaryl/α,β-unsaturated/α-hetero) is 1. The lowest BCUT2D eigenvalue weighted by Crippen LogP contribution is -2.34. The van der Waals surface area contributed by atoms with Crippen LogP contribution in [0.2, 0.25) is 10.1 Å². The summed E-state index contributed by atoms with van der Waals surface area (Å²) >= 11 is 0. The van der Waals surface area contributed by atoms with Gasteiger partial charge in [0.25, 0.3) is 0 Å². The van der Waals surface area contributed by atoms with Crippen molar-refractivity contribution in [3.8, 4) is 0 Å². The molecule has 0 rings (SSSR count). The molecule has 0 fully saturated rings. The Morgan fingerprint density at radius 2 is 0.853 bits per heavy atom. The summed E-state index contributed by atoms with van der Waals surface area (Å²) in [5.41, 5.74) is 0. The van der Waals surface area contributed by atoms with E-state index in [1.165, 1.54) is 64.2 Å². The fraction of sp³-hybridized carbons (Fsp3) is 0.963. The third kappa shape index (κ3) is 13.3. The van der Waals surface area contributed by atoms with Gasteiger partial charge in [0.1, 0.15) is 5.78 Å². The van der Waals surface area contributed by atoms with Crippen molar-refractivity contribution in [1.29, 1.82) is 0 Å². The molecule has 0 aromatic heterocycles. The number of unbranched alkanes of at least 4 members (excludes halogenated alkanes) is 8. The molecule has 0 aliphatic rings. The summed E-state index contributed by atoms with van der Waals surface area (Å²) in [6.07, 6.45) is 18.0. The van der Waals surface area contributed by atoms with Crippen molar-refractivity contribution in [3.63, 3.8) is 0 Å². The summed E-state index contributed by atoms with van der Waals surface area (Å²) in [5.74, 6) is 0.458. The van der Waals surface area contributed by atoms with Gasteiger partial charge >= 0.3 is 18.6 Å². The molecule has 0 amide bonds. The first-order chi connectivity index (χ1) is 16.3. The quantitative estimate of drug-likeness (QED) is 0.0985. The maximum absolute atomic E-state index is 12.2. The maximum Gasteiger partial charge on any atom is 0.327 e. The van der Waals surface area contributed by atoms with Crippen LogP contribution in [-0.2, 0) is 22.5 Å². The predicted molar refractivity (Wildman–Crippen MR) is 149 cm³/mol. The van der Waals surface area contributed by atoms with E-state index in [2.05, 4.69) is 27.7 Å². The van der Waals surface area contributed by atoms with Gasteiger partial charge in [-0.1, -0.05) is 79.1 Å². The molecule has 2 atom stereocenters. The molecule has 0 spiro atoms. The van der Waals surface area contributed by atoms with Crippen LogP contribution in [0.4, 0.5) is 0 Å². The Balaban J connectivity index is 3.77. The Bertz CT molecular complexity index is 457. The maximum atomic E-state index is 12.2. The number of hydrogen-bond acceptors (Lipinski definition) is 5. The third-order valence-electron chi connectivity index (χ3n) is 8.02. The van der Waals surface area contributed by atoms with E-state index >= 15 is 0 Å². The standard InChI is InChI=1S/C27H58O5Si2/c1-9-26(3,33(29-5)30-6)23-19-15-11-13-17-21-25(28)22-18-14-12-16-20-24-27(4,10-2)34(31-7)32-8/h33-34H,9-24H2,1-8H3. The van der Waals surface area contributed by atoms with Crippen molar-refractivity contribution < 1.29 is 22.5 Å². The summed E-state index contributed by atoms with van der Waals surface area (Å²) in [4.78, 5) is 12.2. The summed E-state index contributed by atoms with van der Waals surface area (Å²) in [6.45, 7) is 9.12. The molecule has 0 aromatic rings. The van der Waals surface area contributed by atoms with Crippen molar-refractivity contribution in [3.05, 3.63) is 0 Å². The van der Waals surface area contributed by atoms with E-state index in [9.17, 15) is 4.79 Å². The molecule has 0 N–H and O–H groups in total. The normalized spacial score (nSPS) is 15.6. The number of ketones is 1. The SMILES string of the molecule is CCC(C)(CCCCCCCC(=O)CCCCCCCC(C)(CC)[SiH](OC)OC)[SiH](OC)OC. The second kappa shape index (κ2) is 20.1. The van der Waals surface area contributed by atoms with Gasteiger partial charge in [-0.25, -0.2) is 0 Å². The van der Waals surface area contributed by atoms with Gasteiger partial charge in [0.05, 0.1) is 0 Å². The zero-order chi connectivity index (χ0) is 25.9. The Morgan fingerprint density at radius 1 is 0.559 bits per heavy atom. The summed E-state index contributed by atoms with van der Waals surface area (Å²) < 4.78 is 22.6. The minimum atomic E-state index is -1.59. The first kappa shape index (κ1) is 33.9. The smallest absolute Gasteiger partial charge is 0.327 e. The third-order valence-corrected chi connectivity index (χ3v) is 13.4. The second-order valence-electron chi connectivity index (χ2n) is 10.7. The van der Waals surface area contributed by atoms with Gasteiger partial charge in [-0.2, -0.15) is 0 Å². The Labute approximate surface area is 215 Å². The van der Waals surface area contributed by atoms with E-state index < -0.39 is 18.6 Å². The zero-order valence-electron chi connectivity index (χ0n) is 24.0. The molecule has 0 aliphatic carbocycles. The lowest BCUT2D eigenvalue weighted by atomic mass is 9.97. The van der Waals surface area contributed by atoms with E-state index in [1.807, 2.05) is 0 Å². The van der Waals surface area contributed by atoms with Crippen LogP contribution in [0.1, 0.15) is 130 Å². The zero-order valence-corrected chi connectivity index (χ0v) is 26.3. The van der Waals surface area contributed by atoms with Gasteiger partial charge in [0, 0.05) is 51.4 Å². The number of hydrogen-bond donors (Lipinski definition) is 0. The van der Waals surface area contributed by atoms with Gasteiger partial charge in [0.2, 0.25) is 0 Å². The minimum absolute atomic E-state index is 0.215. The monoisotopic (exact) mass is 518 g/mol. The largest absolute Gasteiger partial charge is 0.400 e. The predicted octanol–water partition coefficient (Wildman–Crippen LogP) is 7.38. The lowest BCUT2D eigenvalue weighted by molar-refractivity contribution is -0.119. The van der Waals surface area contributed by atoms with Gasteiger partial charge in [-0.05, 0) is 38.5 Å². The summed E-state index contributed by atoms with van der Waals surface area (Å²) in [7, 11) is 3.97. The van der Waals surface area contributed by atoms with Crippen molar-refractivity contribution >= 4 is 24.4 Å². The molecule has 204 valence electrons. The van der Waals surface area contributed by atoms with Gasteiger partial charge in [0.15, 0.2) is 0 Å². The fourth-order valence-corrected chi connectivity index (χ4v) is 9.35. The van der Waals surface area contributed by atoms with E-state index in [1.54, 1.807) is 28.4 Å². The van der Waals surface area contributed by atoms with Crippen LogP contribution in [0, 0.1) is 0 Å². The van der Waals surface area contributed by atoms with E-state index in [0.29, 0.717) is 5.78 Å². The van der Waals surface area contributed by atoms with Crippen LogP contribution in [0.5, 0.6) is 0 Å². The molecule has 5 nitrogen and oxygen atoms in total. The second-order valence-corrected chi connectivity index (χ2v) is 16.7. The number of carbonyl (C=O) groups is 1. The summed E-state index contributed by atoms with van der Waals surface area (Å²) in [5, 5.41) is 0.431. The molecular weight excluding hydrogens is 460 g/mol. The molecule has 0 saturated heterocycles. The Hall–Kier alpha value is -0.0562.